The number of anilines is 3. The van der Waals surface area contributed by atoms with Crippen LogP contribution >= 0.6 is 11.3 Å². The van der Waals surface area contributed by atoms with E-state index in [4.69, 9.17) is 0 Å². The van der Waals surface area contributed by atoms with Crippen molar-refractivity contribution in [1.82, 2.24) is 4.57 Å². The fourth-order valence-electron chi connectivity index (χ4n) is 8.58. The maximum absolute atomic E-state index is 2.41. The highest BCUT2D eigenvalue weighted by Crippen LogP contribution is 2.43. The Balaban J connectivity index is 1.04. The van der Waals surface area contributed by atoms with E-state index in [0.29, 0.717) is 0 Å². The summed E-state index contributed by atoms with van der Waals surface area (Å²) in [4.78, 5) is 2.39. The fourth-order valence-corrected chi connectivity index (χ4v) is 9.72. The van der Waals surface area contributed by atoms with Crippen LogP contribution in [0.1, 0.15) is 0 Å². The molecule has 0 saturated carbocycles. The minimum absolute atomic E-state index is 1.10. The molecule has 268 valence electrons. The normalized spacial score (nSPS) is 11.5. The summed E-state index contributed by atoms with van der Waals surface area (Å²) in [6.45, 7) is 0. The molecule has 0 N–H and O–H groups in total. The second kappa shape index (κ2) is 13.8. The molecule has 0 fully saturated rings. The predicted molar refractivity (Wildman–Crippen MR) is 245 cm³/mol. The number of para-hydroxylation sites is 3. The molecule has 2 aromatic heterocycles. The van der Waals surface area contributed by atoms with Crippen LogP contribution in [0.25, 0.3) is 81.0 Å². The predicted octanol–water partition coefficient (Wildman–Crippen LogP) is 15.6. The summed E-state index contributed by atoms with van der Waals surface area (Å²) in [7, 11) is 0. The first-order chi connectivity index (χ1) is 28.3. The molecule has 2 heterocycles. The number of hydrogen-bond donors (Lipinski definition) is 0. The van der Waals surface area contributed by atoms with Gasteiger partial charge in [0.15, 0.2) is 0 Å². The highest BCUT2D eigenvalue weighted by molar-refractivity contribution is 7.25. The van der Waals surface area contributed by atoms with Gasteiger partial charge in [-0.2, -0.15) is 0 Å². The van der Waals surface area contributed by atoms with Crippen molar-refractivity contribution in [1.29, 1.82) is 0 Å². The summed E-state index contributed by atoms with van der Waals surface area (Å²) in [6.07, 6.45) is 0. The average Bonchev–Trinajstić information content (AvgIpc) is 3.83. The van der Waals surface area contributed by atoms with Crippen LogP contribution in [0.3, 0.4) is 0 Å². The Hall–Kier alpha value is -7.20. The largest absolute Gasteiger partial charge is 0.310 e. The molecule has 2 nitrogen and oxygen atoms in total. The molecule has 0 radical (unpaired) electrons. The van der Waals surface area contributed by atoms with Gasteiger partial charge in [0.1, 0.15) is 0 Å². The smallest absolute Gasteiger partial charge is 0.0619 e. The van der Waals surface area contributed by atoms with Crippen LogP contribution in [0.2, 0.25) is 0 Å². The van der Waals surface area contributed by atoms with E-state index >= 15 is 0 Å². The average molecular weight is 745 g/mol. The third-order valence-electron chi connectivity index (χ3n) is 11.2. The second-order valence-corrected chi connectivity index (χ2v) is 15.6. The lowest BCUT2D eigenvalue weighted by Gasteiger charge is -2.26. The lowest BCUT2D eigenvalue weighted by atomic mass is 9.94. The molecular weight excluding hydrogens is 709 g/mol. The molecule has 0 aliphatic heterocycles. The van der Waals surface area contributed by atoms with E-state index in [0.717, 1.165) is 22.7 Å². The number of aromatic nitrogens is 1. The molecule has 0 spiro atoms. The number of thiophene rings is 1. The van der Waals surface area contributed by atoms with Gasteiger partial charge in [-0.25, -0.2) is 0 Å². The molecule has 0 bridgehead atoms. The molecule has 0 atom stereocenters. The van der Waals surface area contributed by atoms with Gasteiger partial charge >= 0.3 is 0 Å². The van der Waals surface area contributed by atoms with Crippen molar-refractivity contribution < 1.29 is 0 Å². The number of benzene rings is 9. The summed E-state index contributed by atoms with van der Waals surface area (Å²) in [5, 5.41) is 5.11. The zero-order chi connectivity index (χ0) is 37.7. The topological polar surface area (TPSA) is 8.17 Å². The van der Waals surface area contributed by atoms with Crippen LogP contribution in [0.15, 0.2) is 218 Å². The summed E-state index contributed by atoms with van der Waals surface area (Å²) >= 11 is 1.86. The summed E-state index contributed by atoms with van der Waals surface area (Å²) in [6, 6.07) is 79.3. The van der Waals surface area contributed by atoms with Gasteiger partial charge in [-0.3, -0.25) is 0 Å². The highest BCUT2D eigenvalue weighted by Gasteiger charge is 2.19. The lowest BCUT2D eigenvalue weighted by molar-refractivity contribution is 1.18. The maximum Gasteiger partial charge on any atom is 0.0619 e. The van der Waals surface area contributed by atoms with Gasteiger partial charge in [0, 0.05) is 59.3 Å². The van der Waals surface area contributed by atoms with Crippen LogP contribution < -0.4 is 4.90 Å². The molecular formula is C54H36N2S. The molecule has 0 amide bonds. The molecule has 0 saturated heterocycles. The Bertz CT molecular complexity index is 3210. The van der Waals surface area contributed by atoms with Gasteiger partial charge in [-0.1, -0.05) is 158 Å². The van der Waals surface area contributed by atoms with E-state index in [9.17, 15) is 0 Å². The number of rotatable bonds is 7. The third kappa shape index (κ3) is 5.71. The summed E-state index contributed by atoms with van der Waals surface area (Å²) < 4.78 is 5.01. The van der Waals surface area contributed by atoms with E-state index in [2.05, 4.69) is 228 Å². The third-order valence-corrected chi connectivity index (χ3v) is 12.3. The van der Waals surface area contributed by atoms with E-state index in [1.54, 1.807) is 0 Å². The first-order valence-electron chi connectivity index (χ1n) is 19.4. The van der Waals surface area contributed by atoms with Crippen molar-refractivity contribution >= 4 is 70.4 Å². The lowest BCUT2D eigenvalue weighted by Crippen LogP contribution is -2.09. The maximum atomic E-state index is 2.41. The molecule has 57 heavy (non-hydrogen) atoms. The minimum atomic E-state index is 1.10. The quantitative estimate of drug-likeness (QED) is 0.158. The van der Waals surface area contributed by atoms with Crippen molar-refractivity contribution in [3.63, 3.8) is 0 Å². The van der Waals surface area contributed by atoms with Crippen LogP contribution in [0, 0.1) is 0 Å². The van der Waals surface area contributed by atoms with E-state index in [-0.39, 0.29) is 0 Å². The van der Waals surface area contributed by atoms with Gasteiger partial charge in [0.05, 0.1) is 11.0 Å². The van der Waals surface area contributed by atoms with Crippen molar-refractivity contribution in [2.45, 2.75) is 0 Å². The van der Waals surface area contributed by atoms with Crippen molar-refractivity contribution in [3.8, 4) is 39.1 Å². The van der Waals surface area contributed by atoms with E-state index in [1.165, 1.54) is 75.4 Å². The van der Waals surface area contributed by atoms with Gasteiger partial charge in [0.2, 0.25) is 0 Å². The van der Waals surface area contributed by atoms with Crippen LogP contribution in [-0.4, -0.2) is 4.57 Å². The Labute approximate surface area is 335 Å². The number of nitrogens with zero attached hydrogens (tertiary/aromatic N) is 2. The van der Waals surface area contributed by atoms with Gasteiger partial charge in [0.25, 0.3) is 0 Å². The fraction of sp³-hybridized carbons (Fsp3) is 0. The highest BCUT2D eigenvalue weighted by atomic mass is 32.1. The van der Waals surface area contributed by atoms with Crippen molar-refractivity contribution in [3.05, 3.63) is 218 Å². The Kier molecular flexibility index (Phi) is 8.04. The molecule has 11 aromatic rings. The first-order valence-corrected chi connectivity index (χ1v) is 20.2. The molecule has 9 aromatic carbocycles. The Morgan fingerprint density at radius 2 is 0.842 bits per heavy atom. The van der Waals surface area contributed by atoms with Crippen molar-refractivity contribution in [2.24, 2.45) is 0 Å². The van der Waals surface area contributed by atoms with E-state index in [1.807, 2.05) is 11.3 Å². The van der Waals surface area contributed by atoms with Gasteiger partial charge < -0.3 is 9.47 Å². The molecule has 11 rings (SSSR count). The Morgan fingerprint density at radius 1 is 0.333 bits per heavy atom. The summed E-state index contributed by atoms with van der Waals surface area (Å²) in [5.74, 6) is 0. The second-order valence-electron chi connectivity index (χ2n) is 14.5. The zero-order valence-electron chi connectivity index (χ0n) is 31.1. The molecule has 3 heteroatoms. The number of fused-ring (bicyclic) bond motifs is 6. The number of hydrogen-bond acceptors (Lipinski definition) is 2. The van der Waals surface area contributed by atoms with Crippen LogP contribution in [-0.2, 0) is 0 Å². The molecule has 0 unspecified atom stereocenters. The minimum Gasteiger partial charge on any atom is -0.310 e. The standard InChI is InChI=1S/C54H36N2S/c1-3-14-37(15-4-1)44-18-7-8-19-45(44)38-26-30-41(31-27-38)55(43-34-35-49-48-21-10-12-25-52(48)57-53(49)36-43)42-32-28-39(29-33-42)46-22-13-23-50-47-20-9-11-24-51(47)56(54(46)50)40-16-5-2-6-17-40/h1-36H. The molecule has 0 aliphatic carbocycles. The summed E-state index contributed by atoms with van der Waals surface area (Å²) in [5.41, 5.74) is 14.2. The SMILES string of the molecule is c1ccc(-c2ccccc2-c2ccc(N(c3ccc(-c4cccc5c6ccccc6n(-c6ccccc6)c45)cc3)c3ccc4c(c3)sc3ccccc34)cc2)cc1. The zero-order valence-corrected chi connectivity index (χ0v) is 31.9. The van der Waals surface area contributed by atoms with Crippen molar-refractivity contribution in [2.75, 3.05) is 4.90 Å². The Morgan fingerprint density at radius 3 is 1.56 bits per heavy atom. The monoisotopic (exact) mass is 744 g/mol. The van der Waals surface area contributed by atoms with Gasteiger partial charge in [-0.15, -0.1) is 11.3 Å². The first kappa shape index (κ1) is 33.2. The van der Waals surface area contributed by atoms with Crippen LogP contribution in [0.4, 0.5) is 17.1 Å². The van der Waals surface area contributed by atoms with Crippen LogP contribution in [0.5, 0.6) is 0 Å². The molecule has 0 aliphatic rings. The van der Waals surface area contributed by atoms with Gasteiger partial charge in [-0.05, 0) is 88.5 Å². The van der Waals surface area contributed by atoms with E-state index < -0.39 is 0 Å².